The van der Waals surface area contributed by atoms with Crippen molar-refractivity contribution in [2.45, 2.75) is 0 Å². The van der Waals surface area contributed by atoms with Crippen LogP contribution in [0.25, 0.3) is 0 Å². The largest absolute Gasteiger partial charge is 0.497 e. The monoisotopic (exact) mass is 308 g/mol. The van der Waals surface area contributed by atoms with Gasteiger partial charge in [-0.25, -0.2) is 4.98 Å². The van der Waals surface area contributed by atoms with Gasteiger partial charge in [0.05, 0.1) is 25.1 Å². The molecule has 92 valence electrons. The number of aromatic nitrogens is 3. The molecule has 0 atom stereocenters. The van der Waals surface area contributed by atoms with Gasteiger partial charge in [0.25, 0.3) is 5.91 Å². The van der Waals surface area contributed by atoms with Crippen LogP contribution >= 0.6 is 15.9 Å². The second kappa shape index (κ2) is 5.54. The minimum Gasteiger partial charge on any atom is -0.497 e. The predicted octanol–water partition coefficient (Wildman–Crippen LogP) is 1.89. The first-order chi connectivity index (χ1) is 8.70. The van der Waals surface area contributed by atoms with Crippen LogP contribution in [0.2, 0.25) is 0 Å². The summed E-state index contributed by atoms with van der Waals surface area (Å²) < 4.78 is 5.72. The average Bonchev–Trinajstić information content (AvgIpc) is 2.40. The predicted molar refractivity (Wildman–Crippen MR) is 68.5 cm³/mol. The van der Waals surface area contributed by atoms with Crippen molar-refractivity contribution in [3.63, 3.8) is 0 Å². The molecule has 0 bridgehead atoms. The molecule has 1 heterocycles. The topological polar surface area (TPSA) is 77.0 Å². The van der Waals surface area contributed by atoms with E-state index in [1.165, 1.54) is 19.5 Å². The highest BCUT2D eigenvalue weighted by Gasteiger charge is 2.12. The first-order valence-corrected chi connectivity index (χ1v) is 5.78. The number of benzene rings is 1. The average molecular weight is 309 g/mol. The maximum Gasteiger partial charge on any atom is 0.259 e. The second-order valence-electron chi connectivity index (χ2n) is 3.27. The van der Waals surface area contributed by atoms with Gasteiger partial charge in [0.2, 0.25) is 5.95 Å². The lowest BCUT2D eigenvalue weighted by Crippen LogP contribution is -2.15. The third kappa shape index (κ3) is 2.80. The van der Waals surface area contributed by atoms with E-state index in [0.29, 0.717) is 15.8 Å². The van der Waals surface area contributed by atoms with E-state index >= 15 is 0 Å². The molecule has 1 amide bonds. The summed E-state index contributed by atoms with van der Waals surface area (Å²) in [6.07, 6.45) is 2.88. The molecule has 1 N–H and O–H groups in total. The highest BCUT2D eigenvalue weighted by atomic mass is 79.9. The maximum absolute atomic E-state index is 12.0. The number of halogens is 1. The maximum atomic E-state index is 12.0. The number of nitrogens with one attached hydrogen (secondary N) is 1. The van der Waals surface area contributed by atoms with E-state index < -0.39 is 0 Å². The zero-order valence-corrected chi connectivity index (χ0v) is 11.0. The Morgan fingerprint density at radius 2 is 2.22 bits per heavy atom. The van der Waals surface area contributed by atoms with Gasteiger partial charge in [0.15, 0.2) is 0 Å². The number of ether oxygens (including phenoxy) is 1. The molecule has 2 aromatic rings. The van der Waals surface area contributed by atoms with Gasteiger partial charge in [-0.15, -0.1) is 5.10 Å². The van der Waals surface area contributed by atoms with Crippen molar-refractivity contribution in [2.75, 3.05) is 12.4 Å². The van der Waals surface area contributed by atoms with Crippen molar-refractivity contribution >= 4 is 27.8 Å². The Morgan fingerprint density at radius 3 is 2.89 bits per heavy atom. The minimum atomic E-state index is -0.339. The fourth-order valence-corrected chi connectivity index (χ4v) is 1.71. The molecular weight excluding hydrogens is 300 g/mol. The molecule has 0 radical (unpaired) electrons. The van der Waals surface area contributed by atoms with Crippen LogP contribution in [-0.4, -0.2) is 28.2 Å². The van der Waals surface area contributed by atoms with Crippen molar-refractivity contribution in [2.24, 2.45) is 0 Å². The lowest BCUT2D eigenvalue weighted by molar-refractivity contribution is 0.102. The molecule has 6 nitrogen and oxygen atoms in total. The molecule has 0 spiro atoms. The molecule has 0 unspecified atom stereocenters. The van der Waals surface area contributed by atoms with Crippen LogP contribution in [0.5, 0.6) is 5.75 Å². The summed E-state index contributed by atoms with van der Waals surface area (Å²) in [5.74, 6) is 0.404. The van der Waals surface area contributed by atoms with Crippen molar-refractivity contribution < 1.29 is 9.53 Å². The molecule has 0 fully saturated rings. The number of nitrogens with zero attached hydrogens (tertiary/aromatic N) is 3. The van der Waals surface area contributed by atoms with E-state index in [2.05, 4.69) is 36.4 Å². The van der Waals surface area contributed by atoms with Crippen LogP contribution in [0.4, 0.5) is 5.95 Å². The number of anilines is 1. The Bertz CT molecular complexity index is 562. The molecule has 0 aliphatic heterocycles. The quantitative estimate of drug-likeness (QED) is 0.937. The molecule has 7 heteroatoms. The summed E-state index contributed by atoms with van der Waals surface area (Å²) in [4.78, 5) is 15.9. The summed E-state index contributed by atoms with van der Waals surface area (Å²) in [5, 5.41) is 9.84. The number of hydrogen-bond donors (Lipinski definition) is 1. The number of carbonyl (C=O) groups is 1. The standard InChI is InChI=1S/C11H9BrN4O2/c1-18-7-2-3-9(12)8(6-7)10(17)15-11-13-4-5-14-16-11/h2-6H,1H3,(H,13,15,16,17). The van der Waals surface area contributed by atoms with Crippen LogP contribution in [0.15, 0.2) is 35.1 Å². The number of amides is 1. The van der Waals surface area contributed by atoms with Crippen LogP contribution in [-0.2, 0) is 0 Å². The first kappa shape index (κ1) is 12.4. The molecule has 18 heavy (non-hydrogen) atoms. The summed E-state index contributed by atoms with van der Waals surface area (Å²) >= 11 is 3.30. The molecule has 0 saturated carbocycles. The van der Waals surface area contributed by atoms with Crippen LogP contribution in [0.3, 0.4) is 0 Å². The van der Waals surface area contributed by atoms with E-state index in [1.807, 2.05) is 0 Å². The fraction of sp³-hybridized carbons (Fsp3) is 0.0909. The number of rotatable bonds is 3. The Hall–Kier alpha value is -2.02. The Labute approximate surface area is 112 Å². The minimum absolute atomic E-state index is 0.150. The van der Waals surface area contributed by atoms with Crippen LogP contribution in [0, 0.1) is 0 Å². The van der Waals surface area contributed by atoms with E-state index in [1.54, 1.807) is 18.2 Å². The van der Waals surface area contributed by atoms with Gasteiger partial charge in [-0.3, -0.25) is 10.1 Å². The van der Waals surface area contributed by atoms with Crippen molar-refractivity contribution in [1.82, 2.24) is 15.2 Å². The highest BCUT2D eigenvalue weighted by Crippen LogP contribution is 2.22. The molecule has 0 aliphatic rings. The van der Waals surface area contributed by atoms with Crippen molar-refractivity contribution in [3.05, 3.63) is 40.6 Å². The van der Waals surface area contributed by atoms with Gasteiger partial charge >= 0.3 is 0 Å². The zero-order chi connectivity index (χ0) is 13.0. The second-order valence-corrected chi connectivity index (χ2v) is 4.12. The number of methoxy groups -OCH3 is 1. The van der Waals surface area contributed by atoms with Crippen molar-refractivity contribution in [1.29, 1.82) is 0 Å². The van der Waals surface area contributed by atoms with E-state index in [4.69, 9.17) is 4.74 Å². The SMILES string of the molecule is COc1ccc(Br)c(C(=O)Nc2nccnn2)c1. The van der Waals surface area contributed by atoms with Gasteiger partial charge in [-0.2, -0.15) is 5.10 Å². The third-order valence-corrected chi connectivity index (χ3v) is 2.82. The molecule has 2 rings (SSSR count). The van der Waals surface area contributed by atoms with Gasteiger partial charge in [-0.05, 0) is 34.1 Å². The molecule has 1 aromatic carbocycles. The molecule has 1 aromatic heterocycles. The van der Waals surface area contributed by atoms with Gasteiger partial charge in [0, 0.05) is 4.47 Å². The zero-order valence-electron chi connectivity index (χ0n) is 9.42. The van der Waals surface area contributed by atoms with E-state index in [-0.39, 0.29) is 11.9 Å². The summed E-state index contributed by atoms with van der Waals surface area (Å²) in [7, 11) is 1.54. The smallest absolute Gasteiger partial charge is 0.259 e. The summed E-state index contributed by atoms with van der Waals surface area (Å²) in [5.41, 5.74) is 0.432. The van der Waals surface area contributed by atoms with Crippen LogP contribution in [0.1, 0.15) is 10.4 Å². The summed E-state index contributed by atoms with van der Waals surface area (Å²) in [6, 6.07) is 5.11. The number of hydrogen-bond acceptors (Lipinski definition) is 5. The van der Waals surface area contributed by atoms with Crippen molar-refractivity contribution in [3.8, 4) is 5.75 Å². The Kier molecular flexibility index (Phi) is 3.83. The summed E-state index contributed by atoms with van der Waals surface area (Å²) in [6.45, 7) is 0. The van der Waals surface area contributed by atoms with Gasteiger partial charge in [-0.1, -0.05) is 0 Å². The number of carbonyl (C=O) groups excluding carboxylic acids is 1. The third-order valence-electron chi connectivity index (χ3n) is 2.13. The molecule has 0 saturated heterocycles. The fourth-order valence-electron chi connectivity index (χ4n) is 1.28. The van der Waals surface area contributed by atoms with Gasteiger partial charge < -0.3 is 4.74 Å². The Morgan fingerprint density at radius 1 is 1.39 bits per heavy atom. The van der Waals surface area contributed by atoms with Crippen LogP contribution < -0.4 is 10.1 Å². The normalized spacial score (nSPS) is 9.89. The lowest BCUT2D eigenvalue weighted by atomic mass is 10.2. The molecular formula is C11H9BrN4O2. The van der Waals surface area contributed by atoms with Gasteiger partial charge in [0.1, 0.15) is 5.75 Å². The lowest BCUT2D eigenvalue weighted by Gasteiger charge is -2.07. The van der Waals surface area contributed by atoms with E-state index in [9.17, 15) is 4.79 Å². The first-order valence-electron chi connectivity index (χ1n) is 4.99. The molecule has 0 aliphatic carbocycles. The highest BCUT2D eigenvalue weighted by molar-refractivity contribution is 9.10. The Balaban J connectivity index is 2.23. The van der Waals surface area contributed by atoms with E-state index in [0.717, 1.165) is 0 Å².